The predicted molar refractivity (Wildman–Crippen MR) is 64.9 cm³/mol. The van der Waals surface area contributed by atoms with Crippen LogP contribution < -0.4 is 5.32 Å². The summed E-state index contributed by atoms with van der Waals surface area (Å²) in [7, 11) is 0. The van der Waals surface area contributed by atoms with E-state index in [1.165, 1.54) is 12.1 Å². The Hall–Kier alpha value is -1.48. The monoisotopic (exact) mass is 239 g/mol. The minimum Gasteiger partial charge on any atom is -0.507 e. The van der Waals surface area contributed by atoms with Gasteiger partial charge in [-0.2, -0.15) is 0 Å². The number of carbonyl (C=O) groups excluding carboxylic acids is 1. The molecule has 1 aromatic carbocycles. The van der Waals surface area contributed by atoms with Crippen LogP contribution in [0.1, 0.15) is 23.7 Å². The molecule has 0 aliphatic rings. The van der Waals surface area contributed by atoms with Gasteiger partial charge in [-0.25, -0.2) is 0 Å². The highest BCUT2D eigenvalue weighted by atomic mass is 35.5. The quantitative estimate of drug-likeness (QED) is 0.794. The molecule has 0 fully saturated rings. The van der Waals surface area contributed by atoms with Crippen LogP contribution in [0, 0.1) is 0 Å². The molecule has 4 heteroatoms. The molecule has 16 heavy (non-hydrogen) atoms. The minimum absolute atomic E-state index is 0.0138. The second-order valence-corrected chi connectivity index (χ2v) is 4.00. The molecule has 1 aromatic rings. The molecule has 0 bridgehead atoms. The topological polar surface area (TPSA) is 49.3 Å². The van der Waals surface area contributed by atoms with E-state index in [-0.39, 0.29) is 23.3 Å². The van der Waals surface area contributed by atoms with Crippen molar-refractivity contribution >= 4 is 17.5 Å². The van der Waals surface area contributed by atoms with Gasteiger partial charge < -0.3 is 10.4 Å². The summed E-state index contributed by atoms with van der Waals surface area (Å²) >= 11 is 5.67. The van der Waals surface area contributed by atoms with E-state index in [2.05, 4.69) is 11.9 Å². The number of aromatic hydroxyl groups is 1. The van der Waals surface area contributed by atoms with Crippen LogP contribution in [0.2, 0.25) is 5.02 Å². The van der Waals surface area contributed by atoms with Gasteiger partial charge in [0.05, 0.1) is 5.56 Å². The molecule has 2 N–H and O–H groups in total. The van der Waals surface area contributed by atoms with E-state index < -0.39 is 0 Å². The highest BCUT2D eigenvalue weighted by molar-refractivity contribution is 6.30. The van der Waals surface area contributed by atoms with Crippen molar-refractivity contribution in [3.8, 4) is 5.75 Å². The summed E-state index contributed by atoms with van der Waals surface area (Å²) in [6.45, 7) is 5.46. The first kappa shape index (κ1) is 12.6. The van der Waals surface area contributed by atoms with E-state index in [1.807, 2.05) is 6.92 Å². The molecule has 0 saturated carbocycles. The molecule has 86 valence electrons. The second-order valence-electron chi connectivity index (χ2n) is 3.56. The summed E-state index contributed by atoms with van der Waals surface area (Å²) in [6, 6.07) is 4.39. The number of phenols is 1. The van der Waals surface area contributed by atoms with Crippen molar-refractivity contribution in [2.75, 3.05) is 0 Å². The number of rotatable bonds is 4. The fourth-order valence-electron chi connectivity index (χ4n) is 1.31. The predicted octanol–water partition coefficient (Wildman–Crippen LogP) is 2.74. The van der Waals surface area contributed by atoms with Crippen LogP contribution in [0.25, 0.3) is 0 Å². The van der Waals surface area contributed by atoms with E-state index in [0.29, 0.717) is 11.4 Å². The zero-order valence-corrected chi connectivity index (χ0v) is 9.79. The highest BCUT2D eigenvalue weighted by Crippen LogP contribution is 2.21. The molecule has 1 amide bonds. The Morgan fingerprint density at radius 2 is 2.38 bits per heavy atom. The summed E-state index contributed by atoms with van der Waals surface area (Å²) in [6.07, 6.45) is 2.41. The summed E-state index contributed by atoms with van der Waals surface area (Å²) in [4.78, 5) is 11.7. The molecule has 1 atom stereocenters. The molecule has 0 saturated heterocycles. The lowest BCUT2D eigenvalue weighted by Gasteiger charge is -2.12. The SMILES string of the molecule is C=CCC(C)NC(=O)c1ccc(Cl)cc1O. The Balaban J connectivity index is 2.76. The second kappa shape index (κ2) is 5.56. The number of phenolic OH excluding ortho intramolecular Hbond substituents is 1. The van der Waals surface area contributed by atoms with Crippen LogP contribution >= 0.6 is 11.6 Å². The summed E-state index contributed by atoms with van der Waals surface area (Å²) in [5.41, 5.74) is 0.223. The lowest BCUT2D eigenvalue weighted by atomic mass is 10.1. The number of hydrogen-bond donors (Lipinski definition) is 2. The fraction of sp³-hybridized carbons (Fsp3) is 0.250. The van der Waals surface area contributed by atoms with Crippen LogP contribution in [0.4, 0.5) is 0 Å². The van der Waals surface area contributed by atoms with E-state index in [4.69, 9.17) is 11.6 Å². The normalized spacial score (nSPS) is 11.9. The lowest BCUT2D eigenvalue weighted by Crippen LogP contribution is -2.32. The van der Waals surface area contributed by atoms with Crippen LogP contribution in [0.15, 0.2) is 30.9 Å². The lowest BCUT2D eigenvalue weighted by molar-refractivity contribution is 0.0938. The standard InChI is InChI=1S/C12H14ClNO2/c1-3-4-8(2)14-12(16)10-6-5-9(13)7-11(10)15/h3,5-8,15H,1,4H2,2H3,(H,14,16). The maximum atomic E-state index is 11.7. The molecular formula is C12H14ClNO2. The molecule has 0 aliphatic heterocycles. The Kier molecular flexibility index (Phi) is 4.38. The number of carbonyl (C=O) groups is 1. The minimum atomic E-state index is -0.316. The van der Waals surface area contributed by atoms with Crippen molar-refractivity contribution in [2.45, 2.75) is 19.4 Å². The van der Waals surface area contributed by atoms with Gasteiger partial charge in [0.1, 0.15) is 5.75 Å². The summed E-state index contributed by atoms with van der Waals surface area (Å²) in [5, 5.41) is 12.7. The van der Waals surface area contributed by atoms with E-state index in [0.717, 1.165) is 0 Å². The largest absolute Gasteiger partial charge is 0.507 e. The molecule has 0 radical (unpaired) electrons. The molecule has 0 aromatic heterocycles. The van der Waals surface area contributed by atoms with E-state index in [1.54, 1.807) is 12.1 Å². The van der Waals surface area contributed by atoms with Gasteiger partial charge in [0.25, 0.3) is 5.91 Å². The third kappa shape index (κ3) is 3.28. The van der Waals surface area contributed by atoms with Crippen molar-refractivity contribution in [2.24, 2.45) is 0 Å². The Morgan fingerprint density at radius 3 is 2.94 bits per heavy atom. The number of halogens is 1. The number of hydrogen-bond acceptors (Lipinski definition) is 2. The molecule has 0 heterocycles. The van der Waals surface area contributed by atoms with E-state index in [9.17, 15) is 9.90 Å². The summed E-state index contributed by atoms with van der Waals surface area (Å²) < 4.78 is 0. The van der Waals surface area contributed by atoms with Crippen molar-refractivity contribution < 1.29 is 9.90 Å². The van der Waals surface area contributed by atoms with Gasteiger partial charge in [-0.1, -0.05) is 17.7 Å². The Labute approximate surface area is 99.7 Å². The third-order valence-electron chi connectivity index (χ3n) is 2.10. The van der Waals surface area contributed by atoms with E-state index >= 15 is 0 Å². The first-order valence-corrected chi connectivity index (χ1v) is 5.32. The molecule has 1 rings (SSSR count). The van der Waals surface area contributed by atoms with Gasteiger partial charge in [-0.3, -0.25) is 4.79 Å². The zero-order valence-electron chi connectivity index (χ0n) is 9.03. The average molecular weight is 240 g/mol. The van der Waals surface area contributed by atoms with Crippen molar-refractivity contribution in [1.82, 2.24) is 5.32 Å². The first-order chi connectivity index (χ1) is 7.54. The smallest absolute Gasteiger partial charge is 0.255 e. The van der Waals surface area contributed by atoms with Crippen LogP contribution in [0.3, 0.4) is 0 Å². The van der Waals surface area contributed by atoms with Gasteiger partial charge in [0, 0.05) is 11.1 Å². The molecule has 0 spiro atoms. The molecule has 3 nitrogen and oxygen atoms in total. The Bertz CT molecular complexity index is 404. The summed E-state index contributed by atoms with van der Waals surface area (Å²) in [5.74, 6) is -0.431. The van der Waals surface area contributed by atoms with Crippen LogP contribution in [0.5, 0.6) is 5.75 Å². The van der Waals surface area contributed by atoms with Gasteiger partial charge in [0.2, 0.25) is 0 Å². The van der Waals surface area contributed by atoms with Gasteiger partial charge >= 0.3 is 0 Å². The maximum absolute atomic E-state index is 11.7. The first-order valence-electron chi connectivity index (χ1n) is 4.95. The molecule has 0 aliphatic carbocycles. The van der Waals surface area contributed by atoms with Gasteiger partial charge in [-0.15, -0.1) is 6.58 Å². The average Bonchev–Trinajstić information content (AvgIpc) is 2.17. The molecular weight excluding hydrogens is 226 g/mol. The number of amides is 1. The maximum Gasteiger partial charge on any atom is 0.255 e. The number of benzene rings is 1. The van der Waals surface area contributed by atoms with Crippen LogP contribution in [-0.4, -0.2) is 17.1 Å². The van der Waals surface area contributed by atoms with Crippen molar-refractivity contribution in [1.29, 1.82) is 0 Å². The fourth-order valence-corrected chi connectivity index (χ4v) is 1.47. The van der Waals surface area contributed by atoms with Crippen molar-refractivity contribution in [3.05, 3.63) is 41.4 Å². The van der Waals surface area contributed by atoms with Gasteiger partial charge in [0.15, 0.2) is 0 Å². The van der Waals surface area contributed by atoms with Crippen LogP contribution in [-0.2, 0) is 0 Å². The third-order valence-corrected chi connectivity index (χ3v) is 2.34. The van der Waals surface area contributed by atoms with Gasteiger partial charge in [-0.05, 0) is 31.5 Å². The highest BCUT2D eigenvalue weighted by Gasteiger charge is 2.12. The molecule has 1 unspecified atom stereocenters. The number of nitrogens with one attached hydrogen (secondary N) is 1. The zero-order chi connectivity index (χ0) is 12.1. The Morgan fingerprint density at radius 1 is 1.69 bits per heavy atom. The van der Waals surface area contributed by atoms with Crippen molar-refractivity contribution in [3.63, 3.8) is 0 Å².